The van der Waals surface area contributed by atoms with E-state index in [1.807, 2.05) is 5.38 Å². The lowest BCUT2D eigenvalue weighted by Gasteiger charge is -2.03. The molecule has 0 saturated carbocycles. The van der Waals surface area contributed by atoms with E-state index in [-0.39, 0.29) is 5.56 Å². The molecule has 17 heavy (non-hydrogen) atoms. The molecule has 2 N–H and O–H groups in total. The zero-order valence-corrected chi connectivity index (χ0v) is 9.59. The van der Waals surface area contributed by atoms with Crippen molar-refractivity contribution in [3.8, 4) is 0 Å². The first-order chi connectivity index (χ1) is 8.24. The van der Waals surface area contributed by atoms with Crippen molar-refractivity contribution >= 4 is 22.0 Å². The lowest BCUT2D eigenvalue weighted by molar-refractivity contribution is 0.730. The Hall–Kier alpha value is -2.15. The molecule has 0 saturated heterocycles. The van der Waals surface area contributed by atoms with Gasteiger partial charge in [0.2, 0.25) is 0 Å². The van der Waals surface area contributed by atoms with Gasteiger partial charge < -0.3 is 10.3 Å². The van der Waals surface area contributed by atoms with Gasteiger partial charge in [-0.2, -0.15) is 5.10 Å². The zero-order valence-electron chi connectivity index (χ0n) is 8.78. The minimum atomic E-state index is -0.0865. The molecule has 0 fully saturated rings. The minimum absolute atomic E-state index is 0.0865. The number of hydrogen-bond donors (Lipinski definition) is 1. The molecule has 3 aromatic heterocycles. The zero-order chi connectivity index (χ0) is 11.8. The number of nitrogen functional groups attached to an aromatic ring is 1. The fourth-order valence-electron chi connectivity index (χ4n) is 1.66. The van der Waals surface area contributed by atoms with Crippen molar-refractivity contribution in [1.29, 1.82) is 0 Å². The summed E-state index contributed by atoms with van der Waals surface area (Å²) in [4.78, 5) is 16.2. The highest BCUT2D eigenvalue weighted by atomic mass is 32.1. The average Bonchev–Trinajstić information content (AvgIpc) is 2.92. The van der Waals surface area contributed by atoms with E-state index in [1.54, 1.807) is 33.7 Å². The molecule has 0 radical (unpaired) electrons. The van der Waals surface area contributed by atoms with Crippen LogP contribution >= 0.6 is 11.3 Å². The Morgan fingerprint density at radius 2 is 2.29 bits per heavy atom. The normalized spacial score (nSPS) is 11.1. The smallest absolute Gasteiger partial charge is 0.276 e. The summed E-state index contributed by atoms with van der Waals surface area (Å²) in [5, 5.41) is 6.36. The van der Waals surface area contributed by atoms with Crippen LogP contribution in [0.4, 0.5) is 5.13 Å². The van der Waals surface area contributed by atoms with Crippen molar-refractivity contribution in [2.24, 2.45) is 0 Å². The maximum atomic E-state index is 12.0. The van der Waals surface area contributed by atoms with Crippen molar-refractivity contribution in [2.75, 3.05) is 5.73 Å². The van der Waals surface area contributed by atoms with Crippen LogP contribution in [0.2, 0.25) is 0 Å². The van der Waals surface area contributed by atoms with E-state index < -0.39 is 0 Å². The Kier molecular flexibility index (Phi) is 2.19. The molecule has 3 rings (SSSR count). The third-order valence-electron chi connectivity index (χ3n) is 2.44. The summed E-state index contributed by atoms with van der Waals surface area (Å²) in [5.74, 6) is 0. The maximum absolute atomic E-state index is 12.0. The van der Waals surface area contributed by atoms with Gasteiger partial charge >= 0.3 is 0 Å². The largest absolute Gasteiger partial charge is 0.375 e. The molecule has 0 aliphatic carbocycles. The van der Waals surface area contributed by atoms with Crippen molar-refractivity contribution in [3.05, 3.63) is 46.1 Å². The highest BCUT2D eigenvalue weighted by Gasteiger charge is 2.05. The second-order valence-corrected chi connectivity index (χ2v) is 4.46. The molecule has 0 aliphatic heterocycles. The number of aromatic nitrogens is 4. The predicted molar refractivity (Wildman–Crippen MR) is 65.1 cm³/mol. The van der Waals surface area contributed by atoms with Crippen LogP contribution in [0, 0.1) is 0 Å². The molecule has 0 unspecified atom stereocenters. The van der Waals surface area contributed by atoms with Gasteiger partial charge in [0.25, 0.3) is 5.56 Å². The maximum Gasteiger partial charge on any atom is 0.276 e. The molecular weight excluding hydrogens is 238 g/mol. The molecule has 0 atom stereocenters. The third kappa shape index (κ3) is 1.70. The van der Waals surface area contributed by atoms with E-state index in [2.05, 4.69) is 10.1 Å². The van der Waals surface area contributed by atoms with Gasteiger partial charge in [-0.15, -0.1) is 11.3 Å². The van der Waals surface area contributed by atoms with Gasteiger partial charge in [-0.1, -0.05) is 0 Å². The Morgan fingerprint density at radius 1 is 1.41 bits per heavy atom. The summed E-state index contributed by atoms with van der Waals surface area (Å²) < 4.78 is 3.14. The first-order valence-electron chi connectivity index (χ1n) is 4.97. The molecular formula is C10H9N5OS. The number of rotatable bonds is 2. The Morgan fingerprint density at radius 3 is 3.06 bits per heavy atom. The molecule has 0 spiro atoms. The van der Waals surface area contributed by atoms with Gasteiger partial charge in [-0.3, -0.25) is 4.79 Å². The van der Waals surface area contributed by atoms with Gasteiger partial charge in [0.05, 0.1) is 18.4 Å². The number of nitrogens with zero attached hydrogens (tertiary/aromatic N) is 4. The minimum Gasteiger partial charge on any atom is -0.375 e. The summed E-state index contributed by atoms with van der Waals surface area (Å²) in [6.07, 6.45) is 5.03. The third-order valence-corrected chi connectivity index (χ3v) is 3.16. The van der Waals surface area contributed by atoms with Gasteiger partial charge in [0, 0.05) is 17.8 Å². The number of thiazole rings is 1. The summed E-state index contributed by atoms with van der Waals surface area (Å²) in [6.45, 7) is 0.425. The lowest BCUT2D eigenvalue weighted by Crippen LogP contribution is -2.21. The van der Waals surface area contributed by atoms with Crippen molar-refractivity contribution in [3.63, 3.8) is 0 Å². The van der Waals surface area contributed by atoms with Crippen LogP contribution in [0.25, 0.3) is 5.52 Å². The molecule has 0 amide bonds. The standard InChI is InChI=1S/C10H9N5OS/c11-10-13-7(6-17-10)5-14-3-4-15-8(9(14)16)1-2-12-15/h1-4,6H,5H2,(H2,11,13). The van der Waals surface area contributed by atoms with Crippen molar-refractivity contribution in [1.82, 2.24) is 19.2 Å². The quantitative estimate of drug-likeness (QED) is 0.718. The molecule has 0 aliphatic rings. The number of anilines is 1. The summed E-state index contributed by atoms with van der Waals surface area (Å²) in [7, 11) is 0. The van der Waals surface area contributed by atoms with Gasteiger partial charge in [-0.25, -0.2) is 9.50 Å². The number of nitrogens with two attached hydrogens (primary N) is 1. The van der Waals surface area contributed by atoms with E-state index in [0.29, 0.717) is 17.2 Å². The molecule has 7 heteroatoms. The molecule has 0 bridgehead atoms. The predicted octanol–water partition coefficient (Wildman–Crippen LogP) is 0.583. The average molecular weight is 247 g/mol. The molecule has 3 aromatic rings. The summed E-state index contributed by atoms with van der Waals surface area (Å²) >= 11 is 1.37. The van der Waals surface area contributed by atoms with Crippen LogP contribution in [-0.2, 0) is 6.54 Å². The first-order valence-corrected chi connectivity index (χ1v) is 5.85. The monoisotopic (exact) mass is 247 g/mol. The van der Waals surface area contributed by atoms with E-state index in [4.69, 9.17) is 5.73 Å². The molecule has 3 heterocycles. The van der Waals surface area contributed by atoms with Crippen LogP contribution in [0.15, 0.2) is 34.8 Å². The van der Waals surface area contributed by atoms with Crippen molar-refractivity contribution < 1.29 is 0 Å². The van der Waals surface area contributed by atoms with Gasteiger partial charge in [-0.05, 0) is 6.07 Å². The highest BCUT2D eigenvalue weighted by molar-refractivity contribution is 7.13. The fourth-order valence-corrected chi connectivity index (χ4v) is 2.21. The number of fused-ring (bicyclic) bond motifs is 1. The SMILES string of the molecule is Nc1nc(Cn2ccn3nccc3c2=O)cs1. The van der Waals surface area contributed by atoms with Gasteiger partial charge in [0.1, 0.15) is 5.52 Å². The Balaban J connectivity index is 2.06. The lowest BCUT2D eigenvalue weighted by atomic mass is 10.4. The number of hydrogen-bond acceptors (Lipinski definition) is 5. The van der Waals surface area contributed by atoms with Crippen LogP contribution in [0.5, 0.6) is 0 Å². The van der Waals surface area contributed by atoms with Crippen LogP contribution in [0.1, 0.15) is 5.69 Å². The van der Waals surface area contributed by atoms with E-state index in [0.717, 1.165) is 5.69 Å². The van der Waals surface area contributed by atoms with Crippen LogP contribution in [0.3, 0.4) is 0 Å². The van der Waals surface area contributed by atoms with E-state index in [9.17, 15) is 4.79 Å². The second-order valence-electron chi connectivity index (χ2n) is 3.57. The second kappa shape index (κ2) is 3.70. The first kappa shape index (κ1) is 10.0. The topological polar surface area (TPSA) is 78.2 Å². The molecule has 6 nitrogen and oxygen atoms in total. The molecule has 0 aromatic carbocycles. The van der Waals surface area contributed by atoms with E-state index >= 15 is 0 Å². The van der Waals surface area contributed by atoms with Crippen LogP contribution < -0.4 is 11.3 Å². The van der Waals surface area contributed by atoms with Crippen LogP contribution in [-0.4, -0.2) is 19.2 Å². The van der Waals surface area contributed by atoms with Crippen molar-refractivity contribution in [2.45, 2.75) is 6.54 Å². The highest BCUT2D eigenvalue weighted by Crippen LogP contribution is 2.11. The molecule has 86 valence electrons. The summed E-state index contributed by atoms with van der Waals surface area (Å²) in [5.41, 5.74) is 6.81. The summed E-state index contributed by atoms with van der Waals surface area (Å²) in [6, 6.07) is 1.69. The Bertz CT molecular complexity index is 725. The fraction of sp³-hybridized carbons (Fsp3) is 0.100. The van der Waals surface area contributed by atoms with Gasteiger partial charge in [0.15, 0.2) is 5.13 Å². The Labute approximate surface area is 100.0 Å². The van der Waals surface area contributed by atoms with E-state index in [1.165, 1.54) is 11.3 Å².